The molecule has 98 valence electrons. The van der Waals surface area contributed by atoms with Crippen LogP contribution in [-0.4, -0.2) is 17.0 Å². The Hall–Kier alpha value is -1.50. The van der Waals surface area contributed by atoms with Crippen molar-refractivity contribution < 1.29 is 22.1 Å². The quantitative estimate of drug-likeness (QED) is 0.903. The Labute approximate surface area is 104 Å². The van der Waals surface area contributed by atoms with Crippen LogP contribution in [0.3, 0.4) is 0 Å². The van der Waals surface area contributed by atoms with Crippen molar-refractivity contribution in [2.45, 2.75) is 18.0 Å². The predicted molar refractivity (Wildman–Crippen MR) is 61.2 cm³/mol. The fourth-order valence-corrected chi connectivity index (χ4v) is 2.83. The van der Waals surface area contributed by atoms with E-state index in [1.165, 1.54) is 18.2 Å². The van der Waals surface area contributed by atoms with Crippen LogP contribution in [0, 0.1) is 0 Å². The average Bonchev–Trinajstić information content (AvgIpc) is 2.51. The topological polar surface area (TPSA) is 52.3 Å². The molecule has 3 nitrogen and oxygen atoms in total. The number of rotatable bonds is 2. The first kappa shape index (κ1) is 12.9. The molecule has 2 rings (SSSR count). The molecule has 1 atom stereocenters. The van der Waals surface area contributed by atoms with E-state index >= 15 is 0 Å². The molecule has 0 saturated carbocycles. The number of allylic oxidation sites excluding steroid dienone is 1. The lowest BCUT2D eigenvalue weighted by Crippen LogP contribution is -2.19. The summed E-state index contributed by atoms with van der Waals surface area (Å²) in [6.45, 7) is 0.252. The van der Waals surface area contributed by atoms with Crippen LogP contribution in [0.2, 0.25) is 0 Å². The molecule has 0 aromatic heterocycles. The molecule has 2 N–H and O–H groups in total. The van der Waals surface area contributed by atoms with Crippen LogP contribution in [0.5, 0.6) is 5.75 Å². The summed E-state index contributed by atoms with van der Waals surface area (Å²) in [5, 5.41) is 0. The van der Waals surface area contributed by atoms with E-state index < -0.39 is 23.6 Å². The lowest BCUT2D eigenvalue weighted by atomic mass is 10.1. The van der Waals surface area contributed by atoms with Crippen molar-refractivity contribution in [3.8, 4) is 5.75 Å². The Morgan fingerprint density at radius 3 is 2.67 bits per heavy atom. The van der Waals surface area contributed by atoms with Gasteiger partial charge < -0.3 is 10.5 Å². The summed E-state index contributed by atoms with van der Waals surface area (Å²) in [6.07, 6.45) is -4.40. The van der Waals surface area contributed by atoms with Crippen LogP contribution in [0.4, 0.5) is 13.2 Å². The van der Waals surface area contributed by atoms with E-state index in [0.29, 0.717) is 21.1 Å². The van der Waals surface area contributed by atoms with E-state index in [4.69, 9.17) is 5.73 Å². The summed E-state index contributed by atoms with van der Waals surface area (Å²) in [5.74, 6) is 0.0296. The Balaban J connectivity index is 2.25. The van der Waals surface area contributed by atoms with Crippen LogP contribution >= 0.6 is 0 Å². The number of benzene rings is 1. The summed E-state index contributed by atoms with van der Waals surface area (Å²) in [7, 11) is -1.41. The highest BCUT2D eigenvalue weighted by Gasteiger charge is 2.29. The van der Waals surface area contributed by atoms with Gasteiger partial charge in [-0.2, -0.15) is 13.2 Å². The first-order valence-corrected chi connectivity index (χ1v) is 6.16. The third kappa shape index (κ3) is 2.35. The van der Waals surface area contributed by atoms with Crippen molar-refractivity contribution in [3.05, 3.63) is 28.7 Å². The maximum Gasteiger partial charge on any atom is 0.422 e. The zero-order valence-electron chi connectivity index (χ0n) is 9.38. The molecule has 1 aromatic carbocycles. The van der Waals surface area contributed by atoms with E-state index in [1.807, 2.05) is 0 Å². The molecule has 1 heterocycles. The molecule has 1 unspecified atom stereocenters. The van der Waals surface area contributed by atoms with Gasteiger partial charge in [0.1, 0.15) is 5.75 Å². The maximum absolute atomic E-state index is 12.0. The number of hydrogen-bond donors (Lipinski definition) is 1. The summed E-state index contributed by atoms with van der Waals surface area (Å²) in [6, 6.07) is 4.23. The molecular formula is C11H10F3NO2S. The highest BCUT2D eigenvalue weighted by molar-refractivity contribution is 7.89. The molecule has 1 aliphatic heterocycles. The van der Waals surface area contributed by atoms with E-state index in [2.05, 4.69) is 4.74 Å². The minimum atomic E-state index is -4.40. The number of hydrogen-bond acceptors (Lipinski definition) is 3. The molecule has 1 aliphatic rings. The van der Waals surface area contributed by atoms with Crippen LogP contribution in [0.25, 0.3) is 5.70 Å². The number of alkyl halides is 3. The Bertz CT molecular complexity index is 552. The normalized spacial score (nSPS) is 19.0. The third-order valence-corrected chi connectivity index (χ3v) is 4.02. The van der Waals surface area contributed by atoms with Crippen LogP contribution in [0.15, 0.2) is 28.0 Å². The minimum Gasteiger partial charge on any atom is -0.484 e. The molecule has 1 aromatic rings. The van der Waals surface area contributed by atoms with Gasteiger partial charge in [-0.1, -0.05) is 0 Å². The van der Waals surface area contributed by atoms with Gasteiger partial charge >= 0.3 is 6.18 Å². The largest absolute Gasteiger partial charge is 0.484 e. The van der Waals surface area contributed by atoms with Crippen molar-refractivity contribution in [3.63, 3.8) is 0 Å². The standard InChI is InChI=1S/C11H10F3NO2S/c1-6-10(15)8-3-2-7(4-9(8)18(6)16)17-5-11(12,13)14/h2-4H,5,15H2,1H3. The van der Waals surface area contributed by atoms with Crippen molar-refractivity contribution in [1.29, 1.82) is 0 Å². The molecular weight excluding hydrogens is 267 g/mol. The van der Waals surface area contributed by atoms with Gasteiger partial charge in [0.2, 0.25) is 0 Å². The van der Waals surface area contributed by atoms with Crippen molar-refractivity contribution >= 4 is 16.5 Å². The van der Waals surface area contributed by atoms with Crippen LogP contribution in [0.1, 0.15) is 12.5 Å². The van der Waals surface area contributed by atoms with Crippen LogP contribution in [-0.2, 0) is 10.8 Å². The molecule has 0 fully saturated rings. The highest BCUT2D eigenvalue weighted by Crippen LogP contribution is 2.35. The number of nitrogens with two attached hydrogens (primary N) is 1. The summed E-state index contributed by atoms with van der Waals surface area (Å²) >= 11 is 0. The zero-order valence-corrected chi connectivity index (χ0v) is 10.2. The Morgan fingerprint density at radius 1 is 1.39 bits per heavy atom. The molecule has 18 heavy (non-hydrogen) atoms. The SMILES string of the molecule is CC1=C(N)c2ccc(OCC(F)(F)F)cc2S1=O. The van der Waals surface area contributed by atoms with E-state index in [9.17, 15) is 17.4 Å². The van der Waals surface area contributed by atoms with Crippen molar-refractivity contribution in [1.82, 2.24) is 0 Å². The number of ether oxygens (including phenoxy) is 1. The second-order valence-electron chi connectivity index (χ2n) is 3.80. The van der Waals surface area contributed by atoms with Crippen LogP contribution < -0.4 is 10.5 Å². The molecule has 0 saturated heterocycles. The van der Waals surface area contributed by atoms with E-state index in [0.717, 1.165) is 0 Å². The average molecular weight is 277 g/mol. The molecule has 0 spiro atoms. The molecule has 0 bridgehead atoms. The van der Waals surface area contributed by atoms with Gasteiger partial charge in [0.05, 0.1) is 21.4 Å². The third-order valence-electron chi connectivity index (χ3n) is 2.50. The van der Waals surface area contributed by atoms with Crippen molar-refractivity contribution in [2.24, 2.45) is 5.73 Å². The van der Waals surface area contributed by atoms with Gasteiger partial charge in [0, 0.05) is 10.5 Å². The Morgan fingerprint density at radius 2 is 2.06 bits per heavy atom. The zero-order chi connectivity index (χ0) is 13.5. The van der Waals surface area contributed by atoms with Crippen molar-refractivity contribution in [2.75, 3.05) is 6.61 Å². The van der Waals surface area contributed by atoms with Gasteiger partial charge in [-0.25, -0.2) is 4.21 Å². The fraction of sp³-hybridized carbons (Fsp3) is 0.273. The molecule has 0 amide bonds. The lowest BCUT2D eigenvalue weighted by Gasteiger charge is -2.10. The predicted octanol–water partition coefficient (Wildman–Crippen LogP) is 2.40. The Kier molecular flexibility index (Phi) is 3.10. The first-order chi connectivity index (χ1) is 8.29. The van der Waals surface area contributed by atoms with Gasteiger partial charge in [-0.15, -0.1) is 0 Å². The number of fused-ring (bicyclic) bond motifs is 1. The second kappa shape index (κ2) is 4.31. The molecule has 7 heteroatoms. The maximum atomic E-state index is 12.0. The smallest absolute Gasteiger partial charge is 0.422 e. The highest BCUT2D eigenvalue weighted by atomic mass is 32.2. The first-order valence-electron chi connectivity index (χ1n) is 5.01. The summed E-state index contributed by atoms with van der Waals surface area (Å²) < 4.78 is 52.5. The minimum absolute atomic E-state index is 0.0296. The van der Waals surface area contributed by atoms with Gasteiger partial charge in [-0.05, 0) is 25.1 Å². The van der Waals surface area contributed by atoms with Gasteiger partial charge in [0.25, 0.3) is 0 Å². The van der Waals surface area contributed by atoms with E-state index in [1.54, 1.807) is 6.92 Å². The summed E-state index contributed by atoms with van der Waals surface area (Å²) in [5.41, 5.74) is 6.74. The fourth-order valence-electron chi connectivity index (χ4n) is 1.59. The molecule has 0 radical (unpaired) electrons. The van der Waals surface area contributed by atoms with Gasteiger partial charge in [0.15, 0.2) is 6.61 Å². The van der Waals surface area contributed by atoms with Gasteiger partial charge in [-0.3, -0.25) is 0 Å². The summed E-state index contributed by atoms with van der Waals surface area (Å²) in [4.78, 5) is 0.905. The number of halogens is 3. The van der Waals surface area contributed by atoms with E-state index in [-0.39, 0.29) is 5.75 Å². The lowest BCUT2D eigenvalue weighted by molar-refractivity contribution is -0.153. The monoisotopic (exact) mass is 277 g/mol. The molecule has 0 aliphatic carbocycles. The second-order valence-corrected chi connectivity index (χ2v) is 5.39.